The van der Waals surface area contributed by atoms with E-state index in [9.17, 15) is 13.2 Å². The Hall–Kier alpha value is -2.18. The lowest BCUT2D eigenvalue weighted by atomic mass is 10.0. The van der Waals surface area contributed by atoms with Crippen molar-refractivity contribution in [2.24, 2.45) is 0 Å². The molecule has 1 amide bonds. The molecule has 2 N–H and O–H groups in total. The summed E-state index contributed by atoms with van der Waals surface area (Å²) >= 11 is 0. The molecule has 0 saturated carbocycles. The Bertz CT molecular complexity index is 879. The number of rotatable bonds is 6. The van der Waals surface area contributed by atoms with E-state index >= 15 is 0 Å². The van der Waals surface area contributed by atoms with Crippen LogP contribution in [0.3, 0.4) is 0 Å². The molecule has 1 aliphatic heterocycles. The molecule has 0 aromatic heterocycles. The monoisotopic (exact) mass is 358 g/mol. The molecule has 0 radical (unpaired) electrons. The first-order valence-electron chi connectivity index (χ1n) is 8.44. The summed E-state index contributed by atoms with van der Waals surface area (Å²) in [4.78, 5) is 12.0. The maximum atomic E-state index is 12.9. The number of nitrogens with one attached hydrogen (secondary N) is 2. The molecule has 5 nitrogen and oxygen atoms in total. The Morgan fingerprint density at radius 1 is 1.16 bits per heavy atom. The first-order valence-corrected chi connectivity index (χ1v) is 9.92. The van der Waals surface area contributed by atoms with Crippen molar-refractivity contribution in [3.8, 4) is 0 Å². The maximum Gasteiger partial charge on any atom is 0.241 e. The highest BCUT2D eigenvalue weighted by Gasteiger charge is 2.29. The largest absolute Gasteiger partial charge is 0.325 e. The lowest BCUT2D eigenvalue weighted by Gasteiger charge is -2.19. The zero-order valence-corrected chi connectivity index (χ0v) is 15.1. The summed E-state index contributed by atoms with van der Waals surface area (Å²) in [6, 6.07) is 14.1. The third kappa shape index (κ3) is 3.60. The van der Waals surface area contributed by atoms with Crippen LogP contribution in [0.4, 0.5) is 5.69 Å². The molecule has 0 spiro atoms. The van der Waals surface area contributed by atoms with Gasteiger partial charge in [-0.25, -0.2) is 13.1 Å². The summed E-state index contributed by atoms with van der Waals surface area (Å²) < 4.78 is 28.5. The van der Waals surface area contributed by atoms with Gasteiger partial charge in [0, 0.05) is 11.7 Å². The van der Waals surface area contributed by atoms with Crippen molar-refractivity contribution < 1.29 is 13.2 Å². The van der Waals surface area contributed by atoms with Crippen LogP contribution in [-0.4, -0.2) is 14.3 Å². The summed E-state index contributed by atoms with van der Waals surface area (Å²) in [5, 5.41) is 2.76. The third-order valence-corrected chi connectivity index (χ3v) is 6.00. The van der Waals surface area contributed by atoms with Gasteiger partial charge in [-0.2, -0.15) is 0 Å². The summed E-state index contributed by atoms with van der Waals surface area (Å²) in [7, 11) is -3.68. The normalized spacial score (nSPS) is 17.8. The van der Waals surface area contributed by atoms with E-state index in [0.717, 1.165) is 17.5 Å². The van der Waals surface area contributed by atoms with Crippen LogP contribution >= 0.6 is 0 Å². The van der Waals surface area contributed by atoms with Crippen LogP contribution in [0.5, 0.6) is 0 Å². The summed E-state index contributed by atoms with van der Waals surface area (Å²) in [6.45, 7) is 3.80. The zero-order chi connectivity index (χ0) is 18.0. The minimum Gasteiger partial charge on any atom is -0.325 e. The van der Waals surface area contributed by atoms with Crippen molar-refractivity contribution in [1.29, 1.82) is 0 Å². The third-order valence-electron chi connectivity index (χ3n) is 4.53. The van der Waals surface area contributed by atoms with E-state index in [1.807, 2.05) is 37.3 Å². The molecule has 1 aliphatic rings. The maximum absolute atomic E-state index is 12.9. The van der Waals surface area contributed by atoms with E-state index in [2.05, 4.69) is 10.0 Å². The number of benzene rings is 2. The van der Waals surface area contributed by atoms with Crippen molar-refractivity contribution in [1.82, 2.24) is 4.72 Å². The topological polar surface area (TPSA) is 75.3 Å². The number of carbonyl (C=O) groups excluding carboxylic acids is 1. The van der Waals surface area contributed by atoms with Gasteiger partial charge < -0.3 is 5.32 Å². The number of hydrogen-bond acceptors (Lipinski definition) is 3. The van der Waals surface area contributed by atoms with Crippen LogP contribution < -0.4 is 10.0 Å². The average Bonchev–Trinajstić information content (AvgIpc) is 2.89. The predicted octanol–water partition coefficient (Wildman–Crippen LogP) is 3.56. The second kappa shape index (κ2) is 6.98. The van der Waals surface area contributed by atoms with Gasteiger partial charge in [-0.1, -0.05) is 43.7 Å². The highest BCUT2D eigenvalue weighted by molar-refractivity contribution is 7.89. The van der Waals surface area contributed by atoms with E-state index in [4.69, 9.17) is 0 Å². The lowest BCUT2D eigenvalue weighted by Crippen LogP contribution is -2.28. The number of fused-ring (bicyclic) bond motifs is 1. The summed E-state index contributed by atoms with van der Waals surface area (Å²) in [6.07, 6.45) is 1.58. The molecule has 3 rings (SSSR count). The van der Waals surface area contributed by atoms with Crippen LogP contribution in [0.15, 0.2) is 53.4 Å². The predicted molar refractivity (Wildman–Crippen MR) is 97.9 cm³/mol. The zero-order valence-electron chi connectivity index (χ0n) is 14.3. The standard InChI is InChI=1S/C19H22N2O3S/c1-3-7-17(14-8-5-4-6-9-14)21-25(23,24)15-10-11-18-16(12-15)13(2)19(22)20-18/h4-6,8-13,17,21H,3,7H2,1-2H3,(H,20,22)/t13-,17+/m0/s1. The fourth-order valence-corrected chi connectivity index (χ4v) is 4.38. The molecular weight excluding hydrogens is 336 g/mol. The van der Waals surface area contributed by atoms with Crippen molar-refractivity contribution >= 4 is 21.6 Å². The van der Waals surface area contributed by atoms with Gasteiger partial charge in [-0.15, -0.1) is 0 Å². The Morgan fingerprint density at radius 3 is 2.56 bits per heavy atom. The summed E-state index contributed by atoms with van der Waals surface area (Å²) in [5.41, 5.74) is 2.35. The van der Waals surface area contributed by atoms with Gasteiger partial charge >= 0.3 is 0 Å². The van der Waals surface area contributed by atoms with Crippen molar-refractivity contribution in [2.45, 2.75) is 43.5 Å². The van der Waals surface area contributed by atoms with Crippen LogP contribution in [-0.2, 0) is 14.8 Å². The number of carbonyl (C=O) groups is 1. The minimum absolute atomic E-state index is 0.106. The molecule has 6 heteroatoms. The first-order chi connectivity index (χ1) is 11.9. The van der Waals surface area contributed by atoms with Crippen molar-refractivity contribution in [3.63, 3.8) is 0 Å². The van der Waals surface area contributed by atoms with E-state index in [-0.39, 0.29) is 22.8 Å². The highest BCUT2D eigenvalue weighted by atomic mass is 32.2. The molecule has 25 heavy (non-hydrogen) atoms. The van der Waals surface area contributed by atoms with Gasteiger partial charge in [0.05, 0.1) is 10.8 Å². The molecule has 2 aromatic rings. The molecule has 0 aliphatic carbocycles. The van der Waals surface area contributed by atoms with Gasteiger partial charge in [0.1, 0.15) is 0 Å². The van der Waals surface area contributed by atoms with Gasteiger partial charge in [0.25, 0.3) is 0 Å². The molecule has 0 saturated heterocycles. The number of amides is 1. The van der Waals surface area contributed by atoms with E-state index in [0.29, 0.717) is 12.1 Å². The molecule has 0 bridgehead atoms. The first kappa shape index (κ1) is 17.6. The second-order valence-corrected chi connectivity index (χ2v) is 8.05. The van der Waals surface area contributed by atoms with Crippen LogP contribution in [0, 0.1) is 0 Å². The molecule has 0 fully saturated rings. The quantitative estimate of drug-likeness (QED) is 0.829. The van der Waals surface area contributed by atoms with Gasteiger partial charge in [-0.05, 0) is 42.7 Å². The molecule has 1 heterocycles. The van der Waals surface area contributed by atoms with Crippen LogP contribution in [0.2, 0.25) is 0 Å². The number of sulfonamides is 1. The Kier molecular flexibility index (Phi) is 4.92. The second-order valence-electron chi connectivity index (χ2n) is 6.33. The lowest BCUT2D eigenvalue weighted by molar-refractivity contribution is -0.116. The van der Waals surface area contributed by atoms with Gasteiger partial charge in [0.15, 0.2) is 0 Å². The van der Waals surface area contributed by atoms with Crippen LogP contribution in [0.1, 0.15) is 49.8 Å². The Balaban J connectivity index is 1.90. The molecule has 2 atom stereocenters. The average molecular weight is 358 g/mol. The van der Waals surface area contributed by atoms with E-state index in [1.54, 1.807) is 19.1 Å². The minimum atomic E-state index is -3.68. The van der Waals surface area contributed by atoms with Gasteiger partial charge in [0.2, 0.25) is 15.9 Å². The van der Waals surface area contributed by atoms with E-state index in [1.165, 1.54) is 6.07 Å². The fourth-order valence-electron chi connectivity index (χ4n) is 3.09. The van der Waals surface area contributed by atoms with Crippen LogP contribution in [0.25, 0.3) is 0 Å². The molecule has 0 unspecified atom stereocenters. The number of anilines is 1. The highest BCUT2D eigenvalue weighted by Crippen LogP contribution is 2.34. The molecule has 2 aromatic carbocycles. The number of hydrogen-bond donors (Lipinski definition) is 2. The molecule has 132 valence electrons. The Morgan fingerprint density at radius 2 is 1.88 bits per heavy atom. The fraction of sp³-hybridized carbons (Fsp3) is 0.316. The SMILES string of the molecule is CCC[C@@H](NS(=O)(=O)c1ccc2c(c1)[C@H](C)C(=O)N2)c1ccccc1. The Labute approximate surface area is 148 Å². The van der Waals surface area contributed by atoms with Crippen molar-refractivity contribution in [2.75, 3.05) is 5.32 Å². The summed E-state index contributed by atoms with van der Waals surface area (Å²) in [5.74, 6) is -0.448. The molecular formula is C19H22N2O3S. The smallest absolute Gasteiger partial charge is 0.241 e. The van der Waals surface area contributed by atoms with Gasteiger partial charge in [-0.3, -0.25) is 4.79 Å². The van der Waals surface area contributed by atoms with E-state index < -0.39 is 10.0 Å². The van der Waals surface area contributed by atoms with Crippen molar-refractivity contribution in [3.05, 3.63) is 59.7 Å².